The van der Waals surface area contributed by atoms with Crippen molar-refractivity contribution in [1.29, 1.82) is 0 Å². The van der Waals surface area contributed by atoms with Crippen molar-refractivity contribution in [3.8, 4) is 11.4 Å². The van der Waals surface area contributed by atoms with Crippen molar-refractivity contribution in [1.82, 2.24) is 14.8 Å². The predicted molar refractivity (Wildman–Crippen MR) is 132 cm³/mol. The molecule has 1 amide bonds. The molecular weight excluding hydrogens is 456 g/mol. The Kier molecular flexibility index (Phi) is 7.19. The maximum atomic E-state index is 12.8. The summed E-state index contributed by atoms with van der Waals surface area (Å²) < 4.78 is 7.36. The molecule has 0 aliphatic heterocycles. The van der Waals surface area contributed by atoms with Gasteiger partial charge in [-0.1, -0.05) is 41.6 Å². The number of nitrogens with zero attached hydrogens (tertiary/aromatic N) is 3. The highest BCUT2D eigenvalue weighted by Crippen LogP contribution is 2.39. The fourth-order valence-electron chi connectivity index (χ4n) is 3.83. The number of anilines is 1. The second-order valence-electron chi connectivity index (χ2n) is 8.44. The second-order valence-corrected chi connectivity index (χ2v) is 10.5. The van der Waals surface area contributed by atoms with Crippen LogP contribution in [0.25, 0.3) is 11.4 Å². The number of ether oxygens (including phenoxy) is 1. The van der Waals surface area contributed by atoms with E-state index in [0.717, 1.165) is 42.6 Å². The summed E-state index contributed by atoms with van der Waals surface area (Å²) in [6.07, 6.45) is 3.72. The number of carbonyl (C=O) groups excluding carboxylic acids is 2. The molecule has 2 heterocycles. The van der Waals surface area contributed by atoms with Gasteiger partial charge < -0.3 is 14.6 Å². The molecule has 1 aromatic carbocycles. The number of rotatable bonds is 7. The number of nitrogens with one attached hydrogen (secondary N) is 1. The highest BCUT2D eigenvalue weighted by molar-refractivity contribution is 7.99. The Balaban J connectivity index is 1.46. The Hall–Kier alpha value is -2.65. The van der Waals surface area contributed by atoms with Gasteiger partial charge in [0, 0.05) is 17.5 Å². The van der Waals surface area contributed by atoms with Crippen molar-refractivity contribution in [2.45, 2.75) is 57.7 Å². The lowest BCUT2D eigenvalue weighted by Crippen LogP contribution is -2.19. The molecule has 0 atom stereocenters. The standard InChI is InChI=1S/C24H28N4O3S2/c1-14(2)31-23(30)20-17-7-5-6-8-18(17)33-22(20)25-19(29)13-32-24-27-26-21(28(24)4)16-11-9-15(3)10-12-16/h9-12,14H,5-8,13H2,1-4H3,(H,25,29). The van der Waals surface area contributed by atoms with E-state index in [1.54, 1.807) is 0 Å². The van der Waals surface area contributed by atoms with E-state index in [2.05, 4.69) is 15.5 Å². The number of fused-ring (bicyclic) bond motifs is 1. The van der Waals surface area contributed by atoms with Crippen LogP contribution in [0.5, 0.6) is 0 Å². The lowest BCUT2D eigenvalue weighted by Gasteiger charge is -2.14. The summed E-state index contributed by atoms with van der Waals surface area (Å²) in [4.78, 5) is 26.7. The van der Waals surface area contributed by atoms with Gasteiger partial charge in [-0.25, -0.2) is 4.79 Å². The number of amides is 1. The SMILES string of the molecule is Cc1ccc(-c2nnc(SCC(=O)Nc3sc4c(c3C(=O)OC(C)C)CCCC4)n2C)cc1. The van der Waals surface area contributed by atoms with Gasteiger partial charge in [0.15, 0.2) is 11.0 Å². The van der Waals surface area contributed by atoms with Gasteiger partial charge in [-0.05, 0) is 52.0 Å². The molecule has 1 aliphatic carbocycles. The average molecular weight is 485 g/mol. The molecule has 3 aromatic rings. The molecule has 0 saturated carbocycles. The van der Waals surface area contributed by atoms with Crippen LogP contribution in [-0.2, 0) is 29.4 Å². The molecule has 1 N–H and O–H groups in total. The zero-order valence-corrected chi connectivity index (χ0v) is 20.9. The van der Waals surface area contributed by atoms with Gasteiger partial charge in [0.1, 0.15) is 5.00 Å². The van der Waals surface area contributed by atoms with E-state index < -0.39 is 0 Å². The van der Waals surface area contributed by atoms with Gasteiger partial charge in [-0.3, -0.25) is 4.79 Å². The summed E-state index contributed by atoms with van der Waals surface area (Å²) >= 11 is 2.82. The molecule has 1 aliphatic rings. The number of thioether (sulfide) groups is 1. The Morgan fingerprint density at radius 1 is 1.18 bits per heavy atom. The first kappa shape index (κ1) is 23.5. The molecule has 0 saturated heterocycles. The summed E-state index contributed by atoms with van der Waals surface area (Å²) in [5.74, 6) is 0.379. The van der Waals surface area contributed by atoms with Gasteiger partial charge in [0.25, 0.3) is 0 Å². The highest BCUT2D eigenvalue weighted by atomic mass is 32.2. The van der Waals surface area contributed by atoms with E-state index in [-0.39, 0.29) is 23.7 Å². The van der Waals surface area contributed by atoms with Crippen molar-refractivity contribution in [2.24, 2.45) is 7.05 Å². The molecular formula is C24H28N4O3S2. The minimum absolute atomic E-state index is 0.168. The molecule has 4 rings (SSSR count). The van der Waals surface area contributed by atoms with Crippen molar-refractivity contribution in [2.75, 3.05) is 11.1 Å². The fraction of sp³-hybridized carbons (Fsp3) is 0.417. The van der Waals surface area contributed by atoms with Crippen LogP contribution in [0.4, 0.5) is 5.00 Å². The molecule has 0 fully saturated rings. The van der Waals surface area contributed by atoms with Crippen LogP contribution >= 0.6 is 23.1 Å². The minimum Gasteiger partial charge on any atom is -0.459 e. The number of hydrogen-bond donors (Lipinski definition) is 1. The van der Waals surface area contributed by atoms with Gasteiger partial charge in [-0.15, -0.1) is 21.5 Å². The maximum Gasteiger partial charge on any atom is 0.341 e. The molecule has 2 aromatic heterocycles. The topological polar surface area (TPSA) is 86.1 Å². The van der Waals surface area contributed by atoms with Crippen LogP contribution in [0.15, 0.2) is 29.4 Å². The molecule has 7 nitrogen and oxygen atoms in total. The van der Waals surface area contributed by atoms with E-state index in [0.29, 0.717) is 15.7 Å². The smallest absolute Gasteiger partial charge is 0.341 e. The summed E-state index contributed by atoms with van der Waals surface area (Å²) in [5, 5.41) is 12.7. The van der Waals surface area contributed by atoms with Crippen molar-refractivity contribution in [3.05, 3.63) is 45.8 Å². The summed E-state index contributed by atoms with van der Waals surface area (Å²) in [5.41, 5.74) is 3.72. The number of aryl methyl sites for hydroxylation is 2. The number of esters is 1. The Labute approximate surface area is 201 Å². The third-order valence-electron chi connectivity index (χ3n) is 5.45. The zero-order chi connectivity index (χ0) is 23.5. The zero-order valence-electron chi connectivity index (χ0n) is 19.3. The number of benzene rings is 1. The number of aromatic nitrogens is 3. The molecule has 0 radical (unpaired) electrons. The molecule has 9 heteroatoms. The van der Waals surface area contributed by atoms with Crippen LogP contribution < -0.4 is 5.32 Å². The third-order valence-corrected chi connectivity index (χ3v) is 7.68. The van der Waals surface area contributed by atoms with Crippen LogP contribution in [0.2, 0.25) is 0 Å². The molecule has 0 spiro atoms. The third kappa shape index (κ3) is 5.30. The van der Waals surface area contributed by atoms with Crippen molar-refractivity contribution in [3.63, 3.8) is 0 Å². The van der Waals surface area contributed by atoms with Gasteiger partial charge >= 0.3 is 5.97 Å². The second kappa shape index (κ2) is 10.1. The van der Waals surface area contributed by atoms with E-state index >= 15 is 0 Å². The van der Waals surface area contributed by atoms with E-state index in [9.17, 15) is 9.59 Å². The van der Waals surface area contributed by atoms with Gasteiger partial charge in [-0.2, -0.15) is 0 Å². The van der Waals surface area contributed by atoms with Crippen LogP contribution in [0, 0.1) is 6.92 Å². The molecule has 0 bridgehead atoms. The Bertz CT molecular complexity index is 1170. The quantitative estimate of drug-likeness (QED) is 0.374. The van der Waals surface area contributed by atoms with Crippen LogP contribution in [-0.4, -0.2) is 38.5 Å². The molecule has 33 heavy (non-hydrogen) atoms. The number of hydrogen-bond acceptors (Lipinski definition) is 7. The van der Waals surface area contributed by atoms with Crippen LogP contribution in [0.1, 0.15) is 53.1 Å². The normalized spacial score (nSPS) is 13.1. The predicted octanol–water partition coefficient (Wildman–Crippen LogP) is 5.03. The summed E-state index contributed by atoms with van der Waals surface area (Å²) in [6.45, 7) is 5.70. The fourth-order valence-corrected chi connectivity index (χ4v) is 5.83. The van der Waals surface area contributed by atoms with Gasteiger partial charge in [0.2, 0.25) is 5.91 Å². The monoisotopic (exact) mass is 484 g/mol. The number of thiophene rings is 1. The highest BCUT2D eigenvalue weighted by Gasteiger charge is 2.28. The lowest BCUT2D eigenvalue weighted by molar-refractivity contribution is -0.113. The Morgan fingerprint density at radius 3 is 2.64 bits per heavy atom. The van der Waals surface area contributed by atoms with Crippen molar-refractivity contribution >= 4 is 40.0 Å². The number of carbonyl (C=O) groups is 2. The summed E-state index contributed by atoms with van der Waals surface area (Å²) in [7, 11) is 1.89. The lowest BCUT2D eigenvalue weighted by atomic mass is 9.95. The van der Waals surface area contributed by atoms with Crippen LogP contribution in [0.3, 0.4) is 0 Å². The average Bonchev–Trinajstić information content (AvgIpc) is 3.32. The van der Waals surface area contributed by atoms with Gasteiger partial charge in [0.05, 0.1) is 17.4 Å². The van der Waals surface area contributed by atoms with Crippen molar-refractivity contribution < 1.29 is 14.3 Å². The first-order valence-corrected chi connectivity index (χ1v) is 12.9. The van der Waals surface area contributed by atoms with E-state index in [1.165, 1.54) is 33.5 Å². The van der Waals surface area contributed by atoms with E-state index in [1.807, 2.05) is 56.7 Å². The first-order valence-electron chi connectivity index (χ1n) is 11.1. The van der Waals surface area contributed by atoms with E-state index in [4.69, 9.17) is 4.74 Å². The maximum absolute atomic E-state index is 12.8. The molecule has 0 unspecified atom stereocenters. The Morgan fingerprint density at radius 2 is 1.91 bits per heavy atom. The summed E-state index contributed by atoms with van der Waals surface area (Å²) in [6, 6.07) is 8.09. The first-order chi connectivity index (χ1) is 15.8. The largest absolute Gasteiger partial charge is 0.459 e. The minimum atomic E-state index is -0.358. The molecule has 174 valence electrons.